The van der Waals surface area contributed by atoms with Gasteiger partial charge in [-0.15, -0.1) is 0 Å². The molecule has 0 saturated carbocycles. The van der Waals surface area contributed by atoms with E-state index in [1.165, 1.54) is 39.8 Å². The first-order valence-electron chi connectivity index (χ1n) is 10.2. The first-order valence-corrected chi connectivity index (χ1v) is 11.6. The Balaban J connectivity index is 1.88. The summed E-state index contributed by atoms with van der Waals surface area (Å²) in [5, 5.41) is -0.201. The lowest BCUT2D eigenvalue weighted by atomic mass is 10.2. The fourth-order valence-electron chi connectivity index (χ4n) is 3.02. The maximum atomic E-state index is 13.1. The molecule has 0 fully saturated rings. The Hall–Kier alpha value is -4.45. The number of hydrogen-bond donors (Lipinski definition) is 1. The monoisotopic (exact) mass is 495 g/mol. The molecule has 3 heterocycles. The Bertz CT molecular complexity index is 1430. The number of nitrogens with one attached hydrogen (secondary N) is 1. The van der Waals surface area contributed by atoms with E-state index in [9.17, 15) is 8.42 Å². The molecular formula is C23H21N5O6S. The molecule has 11 nitrogen and oxygen atoms in total. The van der Waals surface area contributed by atoms with Crippen molar-refractivity contribution < 1.29 is 27.4 Å². The number of para-hydroxylation sites is 2. The summed E-state index contributed by atoms with van der Waals surface area (Å²) in [6, 6.07) is 14.6. The Morgan fingerprint density at radius 1 is 0.800 bits per heavy atom. The van der Waals surface area contributed by atoms with Gasteiger partial charge in [0.2, 0.25) is 11.6 Å². The molecule has 0 aliphatic carbocycles. The molecule has 0 spiro atoms. The predicted octanol–water partition coefficient (Wildman–Crippen LogP) is 3.55. The summed E-state index contributed by atoms with van der Waals surface area (Å²) in [6.45, 7) is 0. The van der Waals surface area contributed by atoms with Crippen molar-refractivity contribution in [3.05, 3.63) is 67.0 Å². The molecule has 4 rings (SSSR count). The summed E-state index contributed by atoms with van der Waals surface area (Å²) in [6.07, 6.45) is 2.89. The van der Waals surface area contributed by atoms with Crippen molar-refractivity contribution in [2.24, 2.45) is 0 Å². The average molecular weight is 496 g/mol. The molecule has 0 radical (unpaired) electrons. The number of nitrogens with zero attached hydrogens (tertiary/aromatic N) is 4. The number of methoxy groups -OCH3 is 3. The van der Waals surface area contributed by atoms with E-state index in [0.29, 0.717) is 22.9 Å². The third-order valence-corrected chi connectivity index (χ3v) is 5.91. The second-order valence-corrected chi connectivity index (χ2v) is 8.48. The molecule has 0 aliphatic rings. The molecule has 0 unspecified atom stereocenters. The normalized spacial score (nSPS) is 10.9. The smallest absolute Gasteiger partial charge is 0.280 e. The summed E-state index contributed by atoms with van der Waals surface area (Å²) >= 11 is 0. The Morgan fingerprint density at radius 2 is 1.57 bits per heavy atom. The Labute approximate surface area is 201 Å². The van der Waals surface area contributed by atoms with Crippen molar-refractivity contribution in [1.29, 1.82) is 0 Å². The van der Waals surface area contributed by atoms with E-state index in [4.69, 9.17) is 18.9 Å². The van der Waals surface area contributed by atoms with Crippen LogP contribution in [0.4, 0.5) is 5.82 Å². The number of benzene rings is 1. The van der Waals surface area contributed by atoms with Crippen molar-refractivity contribution in [1.82, 2.24) is 19.9 Å². The van der Waals surface area contributed by atoms with Crippen LogP contribution in [0.15, 0.2) is 72.0 Å². The van der Waals surface area contributed by atoms with Crippen LogP contribution in [0, 0.1) is 0 Å². The van der Waals surface area contributed by atoms with Crippen molar-refractivity contribution in [3.63, 3.8) is 0 Å². The van der Waals surface area contributed by atoms with E-state index >= 15 is 0 Å². The fourth-order valence-corrected chi connectivity index (χ4v) is 3.97. The highest BCUT2D eigenvalue weighted by Crippen LogP contribution is 2.41. The topological polar surface area (TPSA) is 135 Å². The number of pyridine rings is 2. The molecule has 0 atom stereocenters. The van der Waals surface area contributed by atoms with E-state index in [1.54, 1.807) is 48.5 Å². The van der Waals surface area contributed by atoms with Gasteiger partial charge in [-0.2, -0.15) is 13.4 Å². The van der Waals surface area contributed by atoms with Crippen molar-refractivity contribution >= 4 is 15.8 Å². The zero-order valence-electron chi connectivity index (χ0n) is 19.0. The van der Waals surface area contributed by atoms with Gasteiger partial charge in [0.1, 0.15) is 0 Å². The van der Waals surface area contributed by atoms with Gasteiger partial charge >= 0.3 is 0 Å². The molecular weight excluding hydrogens is 474 g/mol. The number of aromatic nitrogens is 4. The molecule has 0 amide bonds. The zero-order valence-corrected chi connectivity index (χ0v) is 19.8. The zero-order chi connectivity index (χ0) is 24.8. The number of ether oxygens (including phenoxy) is 4. The first kappa shape index (κ1) is 23.7. The molecule has 3 aromatic heterocycles. The highest BCUT2D eigenvalue weighted by Gasteiger charge is 2.25. The van der Waals surface area contributed by atoms with Crippen LogP contribution in [0.25, 0.3) is 11.4 Å². The van der Waals surface area contributed by atoms with Crippen LogP contribution < -0.4 is 23.7 Å². The van der Waals surface area contributed by atoms with Gasteiger partial charge in [0.25, 0.3) is 15.9 Å². The quantitative estimate of drug-likeness (QED) is 0.367. The maximum absolute atomic E-state index is 13.1. The van der Waals surface area contributed by atoms with Gasteiger partial charge in [0.15, 0.2) is 28.2 Å². The largest absolute Gasteiger partial charge is 0.493 e. The van der Waals surface area contributed by atoms with E-state index in [2.05, 4.69) is 24.7 Å². The van der Waals surface area contributed by atoms with Gasteiger partial charge in [-0.05, 0) is 30.3 Å². The van der Waals surface area contributed by atoms with Crippen LogP contribution in [0.5, 0.6) is 29.0 Å². The average Bonchev–Trinajstić information content (AvgIpc) is 2.90. The lowest BCUT2D eigenvalue weighted by molar-refractivity contribution is 0.348. The van der Waals surface area contributed by atoms with E-state index in [-0.39, 0.29) is 28.3 Å². The van der Waals surface area contributed by atoms with Crippen LogP contribution in [-0.2, 0) is 10.0 Å². The van der Waals surface area contributed by atoms with Gasteiger partial charge in [0.05, 0.1) is 21.3 Å². The van der Waals surface area contributed by atoms with Gasteiger partial charge < -0.3 is 18.9 Å². The lowest BCUT2D eigenvalue weighted by Gasteiger charge is -2.17. The van der Waals surface area contributed by atoms with Crippen molar-refractivity contribution in [2.45, 2.75) is 5.03 Å². The molecule has 12 heteroatoms. The van der Waals surface area contributed by atoms with Gasteiger partial charge in [-0.3, -0.25) is 4.72 Å². The van der Waals surface area contributed by atoms with Gasteiger partial charge in [-0.1, -0.05) is 18.2 Å². The van der Waals surface area contributed by atoms with Gasteiger partial charge in [0, 0.05) is 24.0 Å². The Morgan fingerprint density at radius 3 is 2.26 bits per heavy atom. The van der Waals surface area contributed by atoms with Crippen LogP contribution in [0.3, 0.4) is 0 Å². The highest BCUT2D eigenvalue weighted by atomic mass is 32.2. The van der Waals surface area contributed by atoms with Crippen molar-refractivity contribution in [3.8, 4) is 40.4 Å². The molecule has 0 bridgehead atoms. The highest BCUT2D eigenvalue weighted by molar-refractivity contribution is 7.92. The minimum absolute atomic E-state index is 0.0181. The maximum Gasteiger partial charge on any atom is 0.280 e. The minimum atomic E-state index is -4.14. The summed E-state index contributed by atoms with van der Waals surface area (Å²) < 4.78 is 50.6. The SMILES string of the molecule is COc1cc(-c2nc(NS(=O)(=O)c3ccccn3)c(Oc3ccccc3OC)c(OC)n2)ccn1. The van der Waals surface area contributed by atoms with E-state index in [1.807, 2.05) is 0 Å². The third kappa shape index (κ3) is 5.22. The number of hydrogen-bond acceptors (Lipinski definition) is 10. The van der Waals surface area contributed by atoms with Crippen molar-refractivity contribution in [2.75, 3.05) is 26.1 Å². The number of sulfonamides is 1. The second kappa shape index (κ2) is 10.2. The fraction of sp³-hybridized carbons (Fsp3) is 0.130. The molecule has 35 heavy (non-hydrogen) atoms. The van der Waals surface area contributed by atoms with Crippen LogP contribution >= 0.6 is 0 Å². The third-order valence-electron chi connectivity index (χ3n) is 4.66. The molecule has 1 N–H and O–H groups in total. The molecule has 0 saturated heterocycles. The second-order valence-electron chi connectivity index (χ2n) is 6.85. The summed E-state index contributed by atoms with van der Waals surface area (Å²) in [7, 11) is 0.208. The predicted molar refractivity (Wildman–Crippen MR) is 126 cm³/mol. The van der Waals surface area contributed by atoms with E-state index in [0.717, 1.165) is 0 Å². The van der Waals surface area contributed by atoms with Crippen LogP contribution in [0.2, 0.25) is 0 Å². The summed E-state index contributed by atoms with van der Waals surface area (Å²) in [4.78, 5) is 16.8. The summed E-state index contributed by atoms with van der Waals surface area (Å²) in [5.74, 6) is 0.934. The Kier molecular flexibility index (Phi) is 6.92. The molecule has 1 aromatic carbocycles. The van der Waals surface area contributed by atoms with Crippen LogP contribution in [-0.4, -0.2) is 49.7 Å². The molecule has 0 aliphatic heterocycles. The number of rotatable bonds is 9. The standard InChI is InChI=1S/C23H21N5O6S/c1-31-16-8-4-5-9-17(16)34-20-22(28-35(29,30)19-10-6-7-12-25-19)26-21(27-23(20)33-3)15-11-13-24-18(14-15)32-2/h4-14H,1-3H3,(H,26,27,28). The molecule has 180 valence electrons. The number of anilines is 1. The summed E-state index contributed by atoms with van der Waals surface area (Å²) in [5.41, 5.74) is 0.511. The first-order chi connectivity index (χ1) is 16.9. The lowest BCUT2D eigenvalue weighted by Crippen LogP contribution is -2.17. The van der Waals surface area contributed by atoms with E-state index < -0.39 is 10.0 Å². The molecule has 4 aromatic rings. The van der Waals surface area contributed by atoms with Crippen LogP contribution in [0.1, 0.15) is 0 Å². The van der Waals surface area contributed by atoms with Gasteiger partial charge in [-0.25, -0.2) is 15.0 Å². The minimum Gasteiger partial charge on any atom is -0.493 e.